The fourth-order valence-corrected chi connectivity index (χ4v) is 3.43. The molecular formula is C13H17NO2S. The normalized spacial score (nSPS) is 14.1. The van der Waals surface area contributed by atoms with Gasteiger partial charge in [0.25, 0.3) is 9.84 Å². The van der Waals surface area contributed by atoms with Gasteiger partial charge < -0.3 is 0 Å². The average Bonchev–Trinajstić information content (AvgIpc) is 2.16. The van der Waals surface area contributed by atoms with Gasteiger partial charge in [-0.3, -0.25) is 4.85 Å². The van der Waals surface area contributed by atoms with Crippen LogP contribution in [0.2, 0.25) is 0 Å². The number of hydrogen-bond acceptors (Lipinski definition) is 2. The summed E-state index contributed by atoms with van der Waals surface area (Å²) in [7, 11) is -3.58. The summed E-state index contributed by atoms with van der Waals surface area (Å²) < 4.78 is 24.6. The van der Waals surface area contributed by atoms with Crippen molar-refractivity contribution in [2.75, 3.05) is 0 Å². The molecule has 0 aliphatic heterocycles. The lowest BCUT2D eigenvalue weighted by molar-refractivity contribution is 0.412. The van der Waals surface area contributed by atoms with Crippen LogP contribution in [0.3, 0.4) is 0 Å². The molecule has 3 nitrogen and oxygen atoms in total. The van der Waals surface area contributed by atoms with E-state index in [1.807, 2.05) is 6.92 Å². The Bertz CT molecular complexity index is 530. The molecule has 92 valence electrons. The van der Waals surface area contributed by atoms with E-state index in [4.69, 9.17) is 6.57 Å². The molecule has 1 rings (SSSR count). The topological polar surface area (TPSA) is 38.5 Å². The van der Waals surface area contributed by atoms with Crippen molar-refractivity contribution in [1.82, 2.24) is 0 Å². The van der Waals surface area contributed by atoms with Gasteiger partial charge in [0.1, 0.15) is 0 Å². The van der Waals surface area contributed by atoms with Crippen molar-refractivity contribution in [2.24, 2.45) is 5.41 Å². The van der Waals surface area contributed by atoms with Crippen molar-refractivity contribution in [1.29, 1.82) is 0 Å². The Balaban J connectivity index is 3.29. The molecule has 0 aliphatic rings. The lowest BCUT2D eigenvalue weighted by Crippen LogP contribution is -2.31. The second kappa shape index (κ2) is 4.50. The van der Waals surface area contributed by atoms with Crippen molar-refractivity contribution in [3.63, 3.8) is 0 Å². The number of hydrogen-bond donors (Lipinski definition) is 0. The molecule has 0 aliphatic carbocycles. The lowest BCUT2D eigenvalue weighted by Gasteiger charge is -2.20. The maximum atomic E-state index is 12.3. The standard InChI is InChI=1S/C13H17NO2S/c1-10-6-8-11(9-7-10)17(15,16)12(14-5)13(2,3)4/h6-9,12H,1-4H3. The van der Waals surface area contributed by atoms with Crippen LogP contribution < -0.4 is 0 Å². The maximum Gasteiger partial charge on any atom is 0.329 e. The highest BCUT2D eigenvalue weighted by molar-refractivity contribution is 7.92. The predicted molar refractivity (Wildman–Crippen MR) is 68.2 cm³/mol. The van der Waals surface area contributed by atoms with Crippen LogP contribution in [-0.4, -0.2) is 13.8 Å². The fourth-order valence-electron chi connectivity index (χ4n) is 1.59. The monoisotopic (exact) mass is 251 g/mol. The molecule has 1 atom stereocenters. The van der Waals surface area contributed by atoms with E-state index in [0.29, 0.717) is 0 Å². The Morgan fingerprint density at radius 3 is 2.00 bits per heavy atom. The highest BCUT2D eigenvalue weighted by Crippen LogP contribution is 2.31. The van der Waals surface area contributed by atoms with E-state index in [0.717, 1.165) is 5.56 Å². The van der Waals surface area contributed by atoms with E-state index in [1.54, 1.807) is 45.0 Å². The van der Waals surface area contributed by atoms with E-state index in [2.05, 4.69) is 4.85 Å². The van der Waals surface area contributed by atoms with Gasteiger partial charge in [-0.25, -0.2) is 15.0 Å². The molecular weight excluding hydrogens is 234 g/mol. The van der Waals surface area contributed by atoms with Crippen LogP contribution in [0.25, 0.3) is 4.85 Å². The van der Waals surface area contributed by atoms with Gasteiger partial charge in [0.15, 0.2) is 0 Å². The quantitative estimate of drug-likeness (QED) is 0.758. The van der Waals surface area contributed by atoms with Crippen LogP contribution in [-0.2, 0) is 9.84 Å². The Morgan fingerprint density at radius 1 is 1.18 bits per heavy atom. The molecule has 0 radical (unpaired) electrons. The van der Waals surface area contributed by atoms with E-state index in [9.17, 15) is 8.42 Å². The summed E-state index contributed by atoms with van der Waals surface area (Å²) in [6, 6.07) is 6.62. The van der Waals surface area contributed by atoms with Crippen LogP contribution in [0, 0.1) is 18.9 Å². The van der Waals surface area contributed by atoms with Crippen molar-refractivity contribution < 1.29 is 8.42 Å². The maximum absolute atomic E-state index is 12.3. The van der Waals surface area contributed by atoms with Gasteiger partial charge in [-0.1, -0.05) is 38.5 Å². The molecule has 0 saturated carbocycles. The summed E-state index contributed by atoms with van der Waals surface area (Å²) >= 11 is 0. The van der Waals surface area contributed by atoms with Gasteiger partial charge in [-0.15, -0.1) is 0 Å². The van der Waals surface area contributed by atoms with Crippen molar-refractivity contribution in [2.45, 2.75) is 38.0 Å². The number of sulfone groups is 1. The van der Waals surface area contributed by atoms with Crippen LogP contribution in [0.5, 0.6) is 0 Å². The Labute approximate surface area is 103 Å². The van der Waals surface area contributed by atoms with Crippen LogP contribution in [0.15, 0.2) is 29.2 Å². The van der Waals surface area contributed by atoms with Crippen LogP contribution >= 0.6 is 0 Å². The minimum Gasteiger partial charge on any atom is -0.296 e. The third-order valence-electron chi connectivity index (χ3n) is 2.50. The molecule has 1 aromatic carbocycles. The minimum absolute atomic E-state index is 0.221. The Kier molecular flexibility index (Phi) is 3.63. The first-order valence-corrected chi connectivity index (χ1v) is 6.91. The van der Waals surface area contributed by atoms with Gasteiger partial charge >= 0.3 is 5.37 Å². The Morgan fingerprint density at radius 2 is 1.65 bits per heavy atom. The molecule has 0 saturated heterocycles. The molecule has 0 aromatic heterocycles. The van der Waals surface area contributed by atoms with E-state index in [1.165, 1.54) is 0 Å². The first-order chi connectivity index (χ1) is 7.69. The number of rotatable bonds is 2. The summed E-state index contributed by atoms with van der Waals surface area (Å²) in [5.74, 6) is 0. The first kappa shape index (κ1) is 13.7. The SMILES string of the molecule is [C-]#[N+]C(C(C)(C)C)S(=O)(=O)c1ccc(C)cc1. The molecule has 4 heteroatoms. The van der Waals surface area contributed by atoms with Crippen molar-refractivity contribution >= 4 is 9.84 Å². The summed E-state index contributed by atoms with van der Waals surface area (Å²) in [4.78, 5) is 3.51. The Hall–Kier alpha value is -1.34. The zero-order chi connectivity index (χ0) is 13.3. The first-order valence-electron chi connectivity index (χ1n) is 5.37. The summed E-state index contributed by atoms with van der Waals surface area (Å²) in [6.07, 6.45) is 0. The second-order valence-corrected chi connectivity index (χ2v) is 7.21. The molecule has 0 amide bonds. The van der Waals surface area contributed by atoms with Crippen LogP contribution in [0.4, 0.5) is 0 Å². The molecule has 0 spiro atoms. The van der Waals surface area contributed by atoms with E-state index < -0.39 is 20.6 Å². The number of aryl methyl sites for hydroxylation is 1. The van der Waals surface area contributed by atoms with Crippen molar-refractivity contribution in [3.8, 4) is 0 Å². The largest absolute Gasteiger partial charge is 0.329 e. The van der Waals surface area contributed by atoms with Crippen LogP contribution in [0.1, 0.15) is 26.3 Å². The van der Waals surface area contributed by atoms with Gasteiger partial charge in [0.05, 0.1) is 10.3 Å². The molecule has 0 N–H and O–H groups in total. The molecule has 17 heavy (non-hydrogen) atoms. The summed E-state index contributed by atoms with van der Waals surface area (Å²) in [5, 5.41) is -1.04. The van der Waals surface area contributed by atoms with E-state index in [-0.39, 0.29) is 4.90 Å². The van der Waals surface area contributed by atoms with E-state index >= 15 is 0 Å². The summed E-state index contributed by atoms with van der Waals surface area (Å²) in [5.41, 5.74) is 0.407. The van der Waals surface area contributed by atoms with Crippen molar-refractivity contribution in [3.05, 3.63) is 41.2 Å². The lowest BCUT2D eigenvalue weighted by atomic mass is 9.97. The minimum atomic E-state index is -3.58. The summed E-state index contributed by atoms with van der Waals surface area (Å²) in [6.45, 7) is 14.3. The fraction of sp³-hybridized carbons (Fsp3) is 0.462. The third kappa shape index (κ3) is 2.86. The zero-order valence-electron chi connectivity index (χ0n) is 10.6. The molecule has 0 fully saturated rings. The zero-order valence-corrected chi connectivity index (χ0v) is 11.4. The highest BCUT2D eigenvalue weighted by atomic mass is 32.2. The predicted octanol–water partition coefficient (Wildman–Crippen LogP) is 3.06. The van der Waals surface area contributed by atoms with Gasteiger partial charge in [0.2, 0.25) is 0 Å². The molecule has 0 heterocycles. The number of benzene rings is 1. The average molecular weight is 251 g/mol. The van der Waals surface area contributed by atoms with Gasteiger partial charge in [-0.05, 0) is 19.1 Å². The molecule has 1 unspecified atom stereocenters. The number of nitrogens with zero attached hydrogens (tertiary/aromatic N) is 1. The van der Waals surface area contributed by atoms with Gasteiger partial charge in [-0.2, -0.15) is 0 Å². The molecule has 1 aromatic rings. The third-order valence-corrected chi connectivity index (χ3v) is 4.83. The van der Waals surface area contributed by atoms with Gasteiger partial charge in [0, 0.05) is 0 Å². The highest BCUT2D eigenvalue weighted by Gasteiger charge is 2.43. The second-order valence-electron chi connectivity index (χ2n) is 5.21. The molecule has 0 bridgehead atoms. The smallest absolute Gasteiger partial charge is 0.296 e.